The number of nitrogens with zero attached hydrogens (tertiary/aromatic N) is 4. The van der Waals surface area contributed by atoms with E-state index in [1.54, 1.807) is 45.4 Å². The van der Waals surface area contributed by atoms with Crippen LogP contribution in [0, 0.1) is 7.14 Å². The first-order chi connectivity index (χ1) is 16.3. The van der Waals surface area contributed by atoms with E-state index in [9.17, 15) is 9.59 Å². The second kappa shape index (κ2) is 10.3. The number of urea groups is 1. The molecule has 176 valence electrons. The van der Waals surface area contributed by atoms with Crippen molar-refractivity contribution in [2.45, 2.75) is 0 Å². The van der Waals surface area contributed by atoms with Crippen LogP contribution in [0.1, 0.15) is 10.5 Å². The van der Waals surface area contributed by atoms with Crippen LogP contribution in [-0.2, 0) is 0 Å². The number of ether oxygens (including phenoxy) is 1. The summed E-state index contributed by atoms with van der Waals surface area (Å²) in [6.45, 7) is 0. The van der Waals surface area contributed by atoms with Crippen molar-refractivity contribution in [2.75, 3.05) is 38.5 Å². The van der Waals surface area contributed by atoms with Crippen molar-refractivity contribution >= 4 is 44.3 Å². The van der Waals surface area contributed by atoms with Crippen LogP contribution >= 0.6 is 11.3 Å². The molecule has 10 heteroatoms. The van der Waals surface area contributed by atoms with E-state index in [4.69, 9.17) is 4.74 Å². The van der Waals surface area contributed by atoms with E-state index in [-0.39, 0.29) is 11.9 Å². The first-order valence-electron chi connectivity index (χ1n) is 10.3. The molecule has 0 unspecified atom stereocenters. The number of hydrogen-bond donors (Lipinski definition) is 1. The van der Waals surface area contributed by atoms with Gasteiger partial charge in [-0.15, -0.1) is 0 Å². The van der Waals surface area contributed by atoms with Crippen molar-refractivity contribution in [1.29, 1.82) is 0 Å². The molecule has 4 rings (SSSR count). The second-order valence-electron chi connectivity index (χ2n) is 7.48. The maximum atomic E-state index is 12.6. The third-order valence-corrected chi connectivity index (χ3v) is 8.41. The first-order valence-corrected chi connectivity index (χ1v) is 13.2. The Bertz CT molecular complexity index is 1320. The number of benzene rings is 2. The van der Waals surface area contributed by atoms with E-state index >= 15 is 0 Å². The number of amides is 3. The summed E-state index contributed by atoms with van der Waals surface area (Å²) in [7, 11) is 6.83. The van der Waals surface area contributed by atoms with Crippen LogP contribution < -0.4 is 36.2 Å². The van der Waals surface area contributed by atoms with Gasteiger partial charge in [0.1, 0.15) is 0 Å². The molecule has 0 aliphatic rings. The number of rotatable bonds is 6. The van der Waals surface area contributed by atoms with Crippen LogP contribution in [-0.4, -0.2) is 55.1 Å². The van der Waals surface area contributed by atoms with Gasteiger partial charge in [0.15, 0.2) is 0 Å². The van der Waals surface area contributed by atoms with Crippen molar-refractivity contribution in [2.24, 2.45) is 0 Å². The number of fused-ring (bicyclic) bond motifs is 1. The SMILES string of the molecule is COc1ccc2nc(NC(=O)c3ccc([I-]c4ccc(N(C)C(=O)N(C)C)cc4)cn3)sc2c1. The normalized spacial score (nSPS) is 10.8. The Morgan fingerprint density at radius 1 is 1.00 bits per heavy atom. The zero-order chi connectivity index (χ0) is 24.2. The summed E-state index contributed by atoms with van der Waals surface area (Å²) in [6.07, 6.45) is 1.75. The number of carbonyl (C=O) groups is 2. The molecule has 0 aliphatic heterocycles. The molecular weight excluding hydrogens is 565 g/mol. The molecule has 0 aliphatic carbocycles. The minimum atomic E-state index is -0.464. The second-order valence-corrected chi connectivity index (χ2v) is 11.5. The van der Waals surface area contributed by atoms with Crippen molar-refractivity contribution < 1.29 is 35.5 Å². The molecule has 0 saturated heterocycles. The summed E-state index contributed by atoms with van der Waals surface area (Å²) in [6, 6.07) is 17.1. The van der Waals surface area contributed by atoms with E-state index in [0.717, 1.165) is 25.2 Å². The van der Waals surface area contributed by atoms with Crippen molar-refractivity contribution in [1.82, 2.24) is 14.9 Å². The summed E-state index contributed by atoms with van der Waals surface area (Å²) in [5.74, 6) is 0.451. The van der Waals surface area contributed by atoms with Gasteiger partial charge < -0.3 is 0 Å². The summed E-state index contributed by atoms with van der Waals surface area (Å²) < 4.78 is 8.46. The van der Waals surface area contributed by atoms with Crippen LogP contribution in [0.25, 0.3) is 10.2 Å². The number of methoxy groups -OCH3 is 1. The van der Waals surface area contributed by atoms with Gasteiger partial charge in [0.05, 0.1) is 7.11 Å². The molecule has 1 N–H and O–H groups in total. The molecular formula is C24H23IN5O3S-. The van der Waals surface area contributed by atoms with Gasteiger partial charge in [-0.2, -0.15) is 0 Å². The first kappa shape index (κ1) is 23.9. The van der Waals surface area contributed by atoms with Crippen molar-refractivity contribution in [3.05, 3.63) is 73.6 Å². The van der Waals surface area contributed by atoms with Gasteiger partial charge in [0.25, 0.3) is 0 Å². The number of anilines is 2. The van der Waals surface area contributed by atoms with E-state index in [2.05, 4.69) is 15.3 Å². The molecule has 0 radical (unpaired) electrons. The van der Waals surface area contributed by atoms with Crippen LogP contribution in [0.4, 0.5) is 15.6 Å². The van der Waals surface area contributed by atoms with E-state index in [1.165, 1.54) is 19.8 Å². The van der Waals surface area contributed by atoms with Crippen LogP contribution in [0.5, 0.6) is 5.75 Å². The Morgan fingerprint density at radius 3 is 2.38 bits per heavy atom. The minimum absolute atomic E-state index is 0.0777. The van der Waals surface area contributed by atoms with Crippen molar-refractivity contribution in [3.63, 3.8) is 0 Å². The van der Waals surface area contributed by atoms with Crippen LogP contribution in [0.15, 0.2) is 60.8 Å². The van der Waals surface area contributed by atoms with Crippen LogP contribution in [0.2, 0.25) is 0 Å². The Morgan fingerprint density at radius 2 is 1.74 bits per heavy atom. The number of hydrogen-bond acceptors (Lipinski definition) is 6. The van der Waals surface area contributed by atoms with Gasteiger partial charge in [-0.05, 0) is 0 Å². The monoisotopic (exact) mass is 588 g/mol. The molecule has 34 heavy (non-hydrogen) atoms. The average molecular weight is 588 g/mol. The molecule has 0 fully saturated rings. The fourth-order valence-electron chi connectivity index (χ4n) is 3.08. The molecule has 0 spiro atoms. The molecule has 2 heterocycles. The zero-order valence-electron chi connectivity index (χ0n) is 19.1. The van der Waals surface area contributed by atoms with E-state index in [0.29, 0.717) is 10.8 Å². The number of nitrogens with one attached hydrogen (secondary N) is 1. The molecule has 3 amide bonds. The summed E-state index contributed by atoms with van der Waals surface area (Å²) in [4.78, 5) is 36.7. The Balaban J connectivity index is 1.39. The van der Waals surface area contributed by atoms with E-state index < -0.39 is 21.2 Å². The molecule has 8 nitrogen and oxygen atoms in total. The number of carbonyl (C=O) groups excluding carboxylic acids is 2. The molecule has 2 aromatic heterocycles. The number of aromatic nitrogens is 2. The standard InChI is InChI=1S/C24H23IN5O3S/c1-29(2)24(32)30(3)17-8-5-15(6-9-17)25-16-7-11-20(26-14-16)22(31)28-23-27-19-12-10-18(33-4)13-21(19)34-23/h5-14H,1-4H3,(H,27,28,31)/q-1. The fraction of sp³-hybridized carbons (Fsp3) is 0.167. The van der Waals surface area contributed by atoms with Gasteiger partial charge >= 0.3 is 205 Å². The summed E-state index contributed by atoms with van der Waals surface area (Å²) >= 11 is 0.925. The predicted octanol–water partition coefficient (Wildman–Crippen LogP) is 1.20. The quantitative estimate of drug-likeness (QED) is 0.343. The number of halogens is 1. The van der Waals surface area contributed by atoms with Gasteiger partial charge in [0.2, 0.25) is 0 Å². The number of pyridine rings is 1. The predicted molar refractivity (Wildman–Crippen MR) is 130 cm³/mol. The molecule has 4 aromatic rings. The third-order valence-electron chi connectivity index (χ3n) is 4.88. The summed E-state index contributed by atoms with van der Waals surface area (Å²) in [5.41, 5.74) is 1.98. The van der Waals surface area contributed by atoms with Crippen molar-refractivity contribution in [3.8, 4) is 5.75 Å². The molecule has 2 aromatic carbocycles. The average Bonchev–Trinajstić information content (AvgIpc) is 3.25. The zero-order valence-corrected chi connectivity index (χ0v) is 22.0. The third kappa shape index (κ3) is 5.45. The Labute approximate surface area is 211 Å². The van der Waals surface area contributed by atoms with Gasteiger partial charge in [-0.1, -0.05) is 0 Å². The van der Waals surface area contributed by atoms with Gasteiger partial charge in [-0.25, -0.2) is 0 Å². The number of thiazole rings is 1. The summed E-state index contributed by atoms with van der Waals surface area (Å²) in [5, 5.41) is 3.34. The van der Waals surface area contributed by atoms with Crippen LogP contribution in [0.3, 0.4) is 0 Å². The topological polar surface area (TPSA) is 87.7 Å². The molecule has 0 atom stereocenters. The Kier molecular flexibility index (Phi) is 7.27. The van der Waals surface area contributed by atoms with E-state index in [1.807, 2.05) is 48.5 Å². The molecule has 0 saturated carbocycles. The molecule has 0 bridgehead atoms. The maximum absolute atomic E-state index is 12.6. The Hall–Kier alpha value is -3.25. The fourth-order valence-corrected chi connectivity index (χ4v) is 6.04. The van der Waals surface area contributed by atoms with Gasteiger partial charge in [0, 0.05) is 0 Å². The van der Waals surface area contributed by atoms with Gasteiger partial charge in [-0.3, -0.25) is 0 Å².